The summed E-state index contributed by atoms with van der Waals surface area (Å²) in [6.45, 7) is 5.39. The van der Waals surface area contributed by atoms with Crippen molar-refractivity contribution in [3.05, 3.63) is 87.1 Å². The van der Waals surface area contributed by atoms with E-state index in [4.69, 9.17) is 0 Å². The summed E-state index contributed by atoms with van der Waals surface area (Å²) in [6, 6.07) is 19.0. The zero-order chi connectivity index (χ0) is 18.8. The van der Waals surface area contributed by atoms with Gasteiger partial charge in [0, 0.05) is 17.1 Å². The van der Waals surface area contributed by atoms with E-state index >= 15 is 0 Å². The van der Waals surface area contributed by atoms with Crippen LogP contribution < -0.4 is 5.32 Å². The first kappa shape index (κ1) is 18.0. The van der Waals surface area contributed by atoms with Gasteiger partial charge in [0.2, 0.25) is 5.91 Å². The normalized spacial score (nSPS) is 16.7. The molecule has 0 saturated carbocycles. The summed E-state index contributed by atoms with van der Waals surface area (Å²) in [5.41, 5.74) is 5.79. The van der Waals surface area contributed by atoms with Crippen molar-refractivity contribution in [3.8, 4) is 0 Å². The van der Waals surface area contributed by atoms with Crippen LogP contribution in [0.1, 0.15) is 33.2 Å². The van der Waals surface area contributed by atoms with E-state index in [1.165, 1.54) is 21.6 Å². The van der Waals surface area contributed by atoms with E-state index < -0.39 is 0 Å². The maximum absolute atomic E-state index is 12.8. The minimum absolute atomic E-state index is 0.0431. The van der Waals surface area contributed by atoms with Crippen molar-refractivity contribution >= 4 is 22.9 Å². The third-order valence-electron chi connectivity index (χ3n) is 5.18. The van der Waals surface area contributed by atoms with Crippen LogP contribution >= 0.6 is 11.3 Å². The van der Waals surface area contributed by atoms with Gasteiger partial charge in [-0.15, -0.1) is 11.3 Å². The Bertz CT molecular complexity index is 948. The lowest BCUT2D eigenvalue weighted by Crippen LogP contribution is -2.40. The summed E-state index contributed by atoms with van der Waals surface area (Å²) in [4.78, 5) is 16.5. The fourth-order valence-corrected chi connectivity index (χ4v) is 4.80. The molecule has 2 heterocycles. The van der Waals surface area contributed by atoms with Gasteiger partial charge in [-0.2, -0.15) is 0 Å². The van der Waals surface area contributed by atoms with Crippen LogP contribution in [-0.4, -0.2) is 23.9 Å². The predicted molar refractivity (Wildman–Crippen MR) is 112 cm³/mol. The van der Waals surface area contributed by atoms with Gasteiger partial charge in [0.15, 0.2) is 0 Å². The number of hydrogen-bond donors (Lipinski definition) is 1. The minimum Gasteiger partial charge on any atom is -0.325 e. The van der Waals surface area contributed by atoms with Crippen molar-refractivity contribution in [1.29, 1.82) is 0 Å². The second-order valence-electron chi connectivity index (χ2n) is 7.20. The van der Waals surface area contributed by atoms with Gasteiger partial charge in [-0.25, -0.2) is 0 Å². The molecular weight excluding hydrogens is 352 g/mol. The number of benzene rings is 2. The number of nitrogens with zero attached hydrogens (tertiary/aromatic N) is 1. The highest BCUT2D eigenvalue weighted by atomic mass is 32.1. The van der Waals surface area contributed by atoms with Crippen molar-refractivity contribution in [3.63, 3.8) is 0 Å². The first-order chi connectivity index (χ1) is 13.1. The van der Waals surface area contributed by atoms with Gasteiger partial charge in [-0.1, -0.05) is 48.0 Å². The number of thiophene rings is 1. The number of hydrogen-bond acceptors (Lipinski definition) is 3. The molecule has 1 aliphatic heterocycles. The molecule has 0 aliphatic carbocycles. The number of amides is 1. The topological polar surface area (TPSA) is 32.3 Å². The Hall–Kier alpha value is -2.43. The molecule has 0 radical (unpaired) electrons. The molecule has 1 aliphatic rings. The molecule has 0 unspecified atom stereocenters. The molecule has 1 aromatic heterocycles. The Morgan fingerprint density at radius 2 is 1.96 bits per heavy atom. The molecule has 3 nitrogen and oxygen atoms in total. The SMILES string of the molecule is Cc1ccc(NC(=O)CN2CCc3sccc3[C@H]2c2ccccc2)c(C)c1. The number of carbonyl (C=O) groups excluding carboxylic acids is 1. The van der Waals surface area contributed by atoms with Crippen molar-refractivity contribution in [2.75, 3.05) is 18.4 Å². The van der Waals surface area contributed by atoms with Gasteiger partial charge in [0.1, 0.15) is 0 Å². The van der Waals surface area contributed by atoms with Gasteiger partial charge >= 0.3 is 0 Å². The molecule has 1 N–H and O–H groups in total. The van der Waals surface area contributed by atoms with E-state index in [-0.39, 0.29) is 11.9 Å². The highest BCUT2D eigenvalue weighted by molar-refractivity contribution is 7.10. The van der Waals surface area contributed by atoms with Crippen LogP contribution in [0.15, 0.2) is 60.0 Å². The van der Waals surface area contributed by atoms with E-state index in [0.717, 1.165) is 24.2 Å². The molecule has 0 fully saturated rings. The van der Waals surface area contributed by atoms with Crippen LogP contribution in [0, 0.1) is 13.8 Å². The lowest BCUT2D eigenvalue weighted by atomic mass is 9.93. The molecule has 27 heavy (non-hydrogen) atoms. The van der Waals surface area contributed by atoms with Crippen molar-refractivity contribution < 1.29 is 4.79 Å². The smallest absolute Gasteiger partial charge is 0.238 e. The molecule has 0 spiro atoms. The van der Waals surface area contributed by atoms with Crippen molar-refractivity contribution in [1.82, 2.24) is 4.90 Å². The molecule has 1 amide bonds. The van der Waals surface area contributed by atoms with Crippen LogP contribution in [0.2, 0.25) is 0 Å². The highest BCUT2D eigenvalue weighted by Crippen LogP contribution is 2.37. The van der Waals surface area contributed by atoms with Gasteiger partial charge in [-0.3, -0.25) is 9.69 Å². The number of carbonyl (C=O) groups is 1. The van der Waals surface area contributed by atoms with E-state index in [1.54, 1.807) is 0 Å². The van der Waals surface area contributed by atoms with Crippen LogP contribution in [-0.2, 0) is 11.2 Å². The lowest BCUT2D eigenvalue weighted by Gasteiger charge is -2.35. The lowest BCUT2D eigenvalue weighted by molar-refractivity contribution is -0.117. The second kappa shape index (κ2) is 7.67. The average Bonchev–Trinajstić information content (AvgIpc) is 3.13. The fourth-order valence-electron chi connectivity index (χ4n) is 3.89. The number of fused-ring (bicyclic) bond motifs is 1. The summed E-state index contributed by atoms with van der Waals surface area (Å²) in [5, 5.41) is 5.26. The Labute approximate surface area is 164 Å². The average molecular weight is 377 g/mol. The van der Waals surface area contributed by atoms with Gasteiger partial charge in [0.25, 0.3) is 0 Å². The van der Waals surface area contributed by atoms with Crippen LogP contribution in [0.4, 0.5) is 5.69 Å². The Balaban J connectivity index is 1.56. The van der Waals surface area contributed by atoms with Crippen LogP contribution in [0.25, 0.3) is 0 Å². The number of aryl methyl sites for hydroxylation is 2. The summed E-state index contributed by atoms with van der Waals surface area (Å²) in [5.74, 6) is 0.0431. The molecular formula is C23H24N2OS. The van der Waals surface area contributed by atoms with E-state index in [9.17, 15) is 4.79 Å². The predicted octanol–water partition coefficient (Wildman–Crippen LogP) is 4.95. The maximum atomic E-state index is 12.8. The molecule has 0 bridgehead atoms. The van der Waals surface area contributed by atoms with Gasteiger partial charge in [0.05, 0.1) is 12.6 Å². The first-order valence-corrected chi connectivity index (χ1v) is 10.2. The number of rotatable bonds is 4. The van der Waals surface area contributed by atoms with E-state index in [2.05, 4.69) is 58.9 Å². The zero-order valence-corrected chi connectivity index (χ0v) is 16.6. The Kier molecular flexibility index (Phi) is 5.10. The highest BCUT2D eigenvalue weighted by Gasteiger charge is 2.30. The molecule has 1 atom stereocenters. The fraction of sp³-hybridized carbons (Fsp3) is 0.261. The Morgan fingerprint density at radius 1 is 1.15 bits per heavy atom. The van der Waals surface area contributed by atoms with Crippen molar-refractivity contribution in [2.24, 2.45) is 0 Å². The summed E-state index contributed by atoms with van der Waals surface area (Å²) in [6.07, 6.45) is 1.01. The summed E-state index contributed by atoms with van der Waals surface area (Å²) >= 11 is 1.82. The molecule has 2 aromatic carbocycles. The van der Waals surface area contributed by atoms with Crippen LogP contribution in [0.5, 0.6) is 0 Å². The quantitative estimate of drug-likeness (QED) is 0.699. The molecule has 4 rings (SSSR count). The summed E-state index contributed by atoms with van der Waals surface area (Å²) in [7, 11) is 0. The van der Waals surface area contributed by atoms with Crippen LogP contribution in [0.3, 0.4) is 0 Å². The molecule has 4 heteroatoms. The largest absolute Gasteiger partial charge is 0.325 e. The number of anilines is 1. The van der Waals surface area contributed by atoms with Crippen molar-refractivity contribution in [2.45, 2.75) is 26.3 Å². The number of nitrogens with one attached hydrogen (secondary N) is 1. The third-order valence-corrected chi connectivity index (χ3v) is 6.18. The Morgan fingerprint density at radius 3 is 2.74 bits per heavy atom. The molecule has 3 aromatic rings. The maximum Gasteiger partial charge on any atom is 0.238 e. The molecule has 0 saturated heterocycles. The van der Waals surface area contributed by atoms with Gasteiger partial charge < -0.3 is 5.32 Å². The minimum atomic E-state index is 0.0431. The standard InChI is InChI=1S/C23H24N2OS/c1-16-8-9-20(17(2)14-16)24-22(26)15-25-12-10-21-19(11-13-27-21)23(25)18-6-4-3-5-7-18/h3-9,11,13-14,23H,10,12,15H2,1-2H3,(H,24,26)/t23-/m1/s1. The van der Waals surface area contributed by atoms with Gasteiger partial charge in [-0.05, 0) is 54.5 Å². The zero-order valence-electron chi connectivity index (χ0n) is 15.7. The first-order valence-electron chi connectivity index (χ1n) is 9.34. The summed E-state index contributed by atoms with van der Waals surface area (Å²) < 4.78 is 0. The molecule has 138 valence electrons. The van der Waals surface area contributed by atoms with E-state index in [0.29, 0.717) is 6.54 Å². The monoisotopic (exact) mass is 376 g/mol. The third kappa shape index (κ3) is 3.82. The van der Waals surface area contributed by atoms with E-state index in [1.807, 2.05) is 36.5 Å². The second-order valence-corrected chi connectivity index (χ2v) is 8.20.